The number of nitrogens with one attached hydrogen (secondary N) is 1. The number of benzene rings is 4. The van der Waals surface area contributed by atoms with Gasteiger partial charge in [0.2, 0.25) is 0 Å². The monoisotopic (exact) mass is 1050 g/mol. The molecule has 2 unspecified atom stereocenters. The van der Waals surface area contributed by atoms with Crippen molar-refractivity contribution >= 4 is 64.8 Å². The number of Topliss-reactive ketones (excluding diaryl/α,β-unsaturated/α-hetero) is 2. The van der Waals surface area contributed by atoms with E-state index in [0.717, 1.165) is 37.1 Å². The second-order valence-electron chi connectivity index (χ2n) is 19.6. The first-order chi connectivity index (χ1) is 36.1. The van der Waals surface area contributed by atoms with Gasteiger partial charge in [-0.3, -0.25) is 29.0 Å². The summed E-state index contributed by atoms with van der Waals surface area (Å²) in [6.45, 7) is 7.83. The SMILES string of the molecule is COc1ccc(C(O)=C2C(=O)C(=O)N(c3ccc(-c4ccon4)cc3)C2C2CCN(C(=O)OC(C)(C)C)CC2)cc1.COc1ccc(C(O)=C2C(=O)C(=O)N(c3ccc(-c4ccon4)cc3)C2C2CCNCC2)cc1.Cl. The summed E-state index contributed by atoms with van der Waals surface area (Å²) < 4.78 is 25.8. The Hall–Kier alpha value is -8.22. The maximum Gasteiger partial charge on any atom is 0.410 e. The molecular formula is C57H59ClN6O12. The van der Waals surface area contributed by atoms with Crippen LogP contribution in [0, 0.1) is 11.8 Å². The number of nitrogens with zero attached hydrogens (tertiary/aromatic N) is 5. The molecule has 2 aromatic heterocycles. The van der Waals surface area contributed by atoms with Gasteiger partial charge >= 0.3 is 6.09 Å². The number of methoxy groups -OCH3 is 2. The molecule has 0 aliphatic carbocycles. The van der Waals surface area contributed by atoms with Crippen LogP contribution in [-0.4, -0.2) is 113 Å². The number of likely N-dealkylation sites (tertiary alicyclic amines) is 1. The third-order valence-corrected chi connectivity index (χ3v) is 13.9. The van der Waals surface area contributed by atoms with Gasteiger partial charge in [0.05, 0.1) is 37.4 Å². The van der Waals surface area contributed by atoms with Crippen molar-refractivity contribution in [2.75, 3.05) is 50.2 Å². The van der Waals surface area contributed by atoms with Crippen molar-refractivity contribution in [1.29, 1.82) is 0 Å². The lowest BCUT2D eigenvalue weighted by Crippen LogP contribution is -2.47. The molecule has 18 nitrogen and oxygen atoms in total. The Labute approximate surface area is 445 Å². The van der Waals surface area contributed by atoms with E-state index >= 15 is 0 Å². The third-order valence-electron chi connectivity index (χ3n) is 13.9. The van der Waals surface area contributed by atoms with E-state index in [0.29, 0.717) is 71.3 Å². The molecule has 4 aliphatic heterocycles. The predicted octanol–water partition coefficient (Wildman–Crippen LogP) is 9.28. The summed E-state index contributed by atoms with van der Waals surface area (Å²) in [6.07, 6.45) is 5.18. The highest BCUT2D eigenvalue weighted by Crippen LogP contribution is 2.42. The highest BCUT2D eigenvalue weighted by molar-refractivity contribution is 6.52. The molecule has 3 N–H and O–H groups in total. The maximum atomic E-state index is 13.5. The molecule has 6 heterocycles. The van der Waals surface area contributed by atoms with E-state index in [4.69, 9.17) is 23.3 Å². The molecule has 396 valence electrons. The molecule has 6 aromatic rings. The number of carbonyl (C=O) groups is 5. The number of anilines is 2. The van der Waals surface area contributed by atoms with Gasteiger partial charge in [0.15, 0.2) is 0 Å². The van der Waals surface area contributed by atoms with Crippen molar-refractivity contribution in [2.24, 2.45) is 11.8 Å². The number of ether oxygens (including phenoxy) is 3. The van der Waals surface area contributed by atoms with Gasteiger partial charge in [0.1, 0.15) is 52.5 Å². The molecule has 4 aliphatic rings. The van der Waals surface area contributed by atoms with Crippen molar-refractivity contribution in [3.05, 3.63) is 144 Å². The zero-order chi connectivity index (χ0) is 53.0. The number of halogens is 1. The van der Waals surface area contributed by atoms with E-state index in [1.165, 1.54) is 24.5 Å². The number of carbonyl (C=O) groups excluding carboxylic acids is 5. The normalized spacial score (nSPS) is 19.7. The quantitative estimate of drug-likeness (QED) is 0.0660. The zero-order valence-corrected chi connectivity index (χ0v) is 43.5. The number of ketones is 2. The number of aliphatic hydroxyl groups is 2. The van der Waals surface area contributed by atoms with Gasteiger partial charge in [-0.1, -0.05) is 34.6 Å². The Morgan fingerprint density at radius 2 is 0.987 bits per heavy atom. The fourth-order valence-electron chi connectivity index (χ4n) is 10.2. The largest absolute Gasteiger partial charge is 0.507 e. The highest BCUT2D eigenvalue weighted by Gasteiger charge is 2.51. The molecule has 0 spiro atoms. The summed E-state index contributed by atoms with van der Waals surface area (Å²) in [6, 6.07) is 30.1. The van der Waals surface area contributed by atoms with E-state index < -0.39 is 47.2 Å². The van der Waals surface area contributed by atoms with Crippen LogP contribution in [0.25, 0.3) is 34.0 Å². The topological polar surface area (TPSA) is 227 Å². The standard InChI is InChI=1S/C31H33N3O7.C26H25N3O5.ClH/c1-31(2,3)41-30(38)33-16-13-20(14-17-33)26-25(27(35)21-7-11-23(39-4)12-8-21)28(36)29(37)34(26)22-9-5-19(6-10-22)24-15-18-40-32-24;1-33-20-8-4-18(5-9-20)24(30)22-23(17-10-13-27-14-11-17)29(26(32)25(22)31)19-6-2-16(3-7-19)21-12-15-34-28-21;/h5-12,15,18,20,26,35H,13-14,16-17H2,1-4H3;2-9,12,15,17,23,27,30H,10-11,13-14H2,1H3;1H. The summed E-state index contributed by atoms with van der Waals surface area (Å²) in [5.74, 6) is -2.10. The van der Waals surface area contributed by atoms with Gasteiger partial charge in [0, 0.05) is 58.9 Å². The molecule has 76 heavy (non-hydrogen) atoms. The number of hydrogen-bond donors (Lipinski definition) is 3. The number of aromatic nitrogens is 2. The molecule has 10 rings (SSSR count). The van der Waals surface area contributed by atoms with E-state index in [1.54, 1.807) is 114 Å². The van der Waals surface area contributed by atoms with Gasteiger partial charge in [0.25, 0.3) is 23.4 Å². The molecule has 2 atom stereocenters. The predicted molar refractivity (Wildman–Crippen MR) is 285 cm³/mol. The molecule has 0 saturated carbocycles. The number of rotatable bonds is 10. The first kappa shape index (κ1) is 54.1. The van der Waals surface area contributed by atoms with E-state index in [1.807, 2.05) is 32.9 Å². The van der Waals surface area contributed by atoms with Gasteiger partial charge in [-0.25, -0.2) is 4.79 Å². The minimum absolute atomic E-state index is 0. The summed E-state index contributed by atoms with van der Waals surface area (Å²) in [5, 5.41) is 33.8. The lowest BCUT2D eigenvalue weighted by Gasteiger charge is -2.38. The van der Waals surface area contributed by atoms with Gasteiger partial charge in [-0.15, -0.1) is 12.4 Å². The van der Waals surface area contributed by atoms with Crippen molar-refractivity contribution in [1.82, 2.24) is 20.5 Å². The second-order valence-corrected chi connectivity index (χ2v) is 19.6. The molecule has 4 aromatic carbocycles. The number of hydrogen-bond acceptors (Lipinski definition) is 15. The highest BCUT2D eigenvalue weighted by atomic mass is 35.5. The van der Waals surface area contributed by atoms with Crippen LogP contribution in [-0.2, 0) is 23.9 Å². The average Bonchev–Trinajstić information content (AvgIpc) is 4.29. The fraction of sp³-hybridized carbons (Fsp3) is 0.316. The number of amides is 3. The van der Waals surface area contributed by atoms with Crippen molar-refractivity contribution in [3.63, 3.8) is 0 Å². The Morgan fingerprint density at radius 3 is 1.34 bits per heavy atom. The third kappa shape index (κ3) is 11.2. The Bertz CT molecular complexity index is 3080. The average molecular weight is 1060 g/mol. The summed E-state index contributed by atoms with van der Waals surface area (Å²) in [5.41, 5.74) is 4.55. The first-order valence-corrected chi connectivity index (χ1v) is 24.8. The second kappa shape index (κ2) is 23.1. The molecular weight excluding hydrogens is 996 g/mol. The van der Waals surface area contributed by atoms with Crippen LogP contribution in [0.15, 0.2) is 142 Å². The smallest absolute Gasteiger partial charge is 0.410 e. The Morgan fingerprint density at radius 1 is 0.592 bits per heavy atom. The maximum absolute atomic E-state index is 13.5. The van der Waals surface area contributed by atoms with E-state index in [-0.39, 0.29) is 46.9 Å². The van der Waals surface area contributed by atoms with Crippen LogP contribution in [0.3, 0.4) is 0 Å². The van der Waals surface area contributed by atoms with Crippen LogP contribution in [0.4, 0.5) is 16.2 Å². The number of piperidine rings is 2. The van der Waals surface area contributed by atoms with Crippen molar-refractivity contribution < 1.29 is 57.4 Å². The van der Waals surface area contributed by atoms with Gasteiger partial charge in [-0.05, 0) is 144 Å². The van der Waals surface area contributed by atoms with Crippen LogP contribution in [0.5, 0.6) is 11.5 Å². The molecule has 4 fully saturated rings. The van der Waals surface area contributed by atoms with Crippen molar-refractivity contribution in [3.8, 4) is 34.0 Å². The first-order valence-electron chi connectivity index (χ1n) is 24.8. The Balaban J connectivity index is 0.000000202. The van der Waals surface area contributed by atoms with Crippen LogP contribution >= 0.6 is 12.4 Å². The Kier molecular flexibility index (Phi) is 16.4. The molecule has 19 heteroatoms. The minimum atomic E-state index is -0.751. The van der Waals surface area contributed by atoms with E-state index in [9.17, 15) is 34.2 Å². The molecule has 3 amide bonds. The van der Waals surface area contributed by atoms with Crippen LogP contribution in [0.1, 0.15) is 57.6 Å². The minimum Gasteiger partial charge on any atom is -0.507 e. The van der Waals surface area contributed by atoms with Gasteiger partial charge in [-0.2, -0.15) is 0 Å². The lowest BCUT2D eigenvalue weighted by molar-refractivity contribution is -0.132. The fourth-order valence-corrected chi connectivity index (χ4v) is 10.2. The summed E-state index contributed by atoms with van der Waals surface area (Å²) in [7, 11) is 3.10. The van der Waals surface area contributed by atoms with Crippen molar-refractivity contribution in [2.45, 2.75) is 64.1 Å². The van der Waals surface area contributed by atoms with E-state index in [2.05, 4.69) is 15.6 Å². The molecule has 4 saturated heterocycles. The lowest BCUT2D eigenvalue weighted by atomic mass is 9.84. The number of aliphatic hydroxyl groups excluding tert-OH is 2. The zero-order valence-electron chi connectivity index (χ0n) is 42.6. The van der Waals surface area contributed by atoms with Crippen LogP contribution < -0.4 is 24.6 Å². The molecule has 0 radical (unpaired) electrons. The summed E-state index contributed by atoms with van der Waals surface area (Å²) in [4.78, 5) is 71.0. The summed E-state index contributed by atoms with van der Waals surface area (Å²) >= 11 is 0. The van der Waals surface area contributed by atoms with Gasteiger partial charge < -0.3 is 43.7 Å². The molecule has 0 bridgehead atoms. The van der Waals surface area contributed by atoms with Crippen LogP contribution in [0.2, 0.25) is 0 Å².